The molecule has 1 aliphatic heterocycles. The Bertz CT molecular complexity index is 362. The zero-order valence-electron chi connectivity index (χ0n) is 10.3. The zero-order valence-corrected chi connectivity index (χ0v) is 10.3. The Morgan fingerprint density at radius 3 is 2.62 bits per heavy atom. The predicted molar refractivity (Wildman–Crippen MR) is 64.8 cm³/mol. The standard InChI is InChI=1S/C14H20FN/c1-10(2)13-7-8-14(16(13)3)11-5-4-6-12(15)9-11/h4-6,9-10,13-14H,7-8H2,1-3H3. The van der Waals surface area contributed by atoms with E-state index in [1.807, 2.05) is 6.07 Å². The van der Waals surface area contributed by atoms with Gasteiger partial charge in [-0.3, -0.25) is 4.90 Å². The second-order valence-electron chi connectivity index (χ2n) is 5.12. The van der Waals surface area contributed by atoms with Crippen LogP contribution >= 0.6 is 0 Å². The third-order valence-electron chi connectivity index (χ3n) is 3.75. The molecule has 88 valence electrons. The van der Waals surface area contributed by atoms with Gasteiger partial charge in [0.05, 0.1) is 0 Å². The van der Waals surface area contributed by atoms with Crippen molar-refractivity contribution in [2.75, 3.05) is 7.05 Å². The van der Waals surface area contributed by atoms with Crippen LogP contribution in [0, 0.1) is 11.7 Å². The monoisotopic (exact) mass is 221 g/mol. The first-order valence-electron chi connectivity index (χ1n) is 6.07. The summed E-state index contributed by atoms with van der Waals surface area (Å²) in [5, 5.41) is 0. The highest BCUT2D eigenvalue weighted by Crippen LogP contribution is 2.37. The van der Waals surface area contributed by atoms with Crippen LogP contribution in [0.3, 0.4) is 0 Å². The van der Waals surface area contributed by atoms with Crippen LogP contribution in [0.2, 0.25) is 0 Å². The molecule has 1 nitrogen and oxygen atoms in total. The Morgan fingerprint density at radius 2 is 2.06 bits per heavy atom. The molecule has 1 aliphatic rings. The maximum absolute atomic E-state index is 13.2. The molecule has 2 rings (SSSR count). The molecule has 2 unspecified atom stereocenters. The van der Waals surface area contributed by atoms with Crippen LogP contribution in [0.5, 0.6) is 0 Å². The molecule has 2 heteroatoms. The average molecular weight is 221 g/mol. The molecule has 1 saturated heterocycles. The molecule has 0 saturated carbocycles. The third-order valence-corrected chi connectivity index (χ3v) is 3.75. The van der Waals surface area contributed by atoms with E-state index in [0.717, 1.165) is 12.0 Å². The van der Waals surface area contributed by atoms with Crippen molar-refractivity contribution in [1.82, 2.24) is 4.90 Å². The maximum atomic E-state index is 13.2. The Morgan fingerprint density at radius 1 is 1.31 bits per heavy atom. The minimum Gasteiger partial charge on any atom is -0.296 e. The number of hydrogen-bond donors (Lipinski definition) is 0. The number of likely N-dealkylation sites (tertiary alicyclic amines) is 1. The van der Waals surface area contributed by atoms with Crippen molar-refractivity contribution >= 4 is 0 Å². The first-order chi connectivity index (χ1) is 7.59. The number of halogens is 1. The molecule has 0 radical (unpaired) electrons. The summed E-state index contributed by atoms with van der Waals surface area (Å²) < 4.78 is 13.2. The van der Waals surface area contributed by atoms with Gasteiger partial charge in [0.15, 0.2) is 0 Å². The van der Waals surface area contributed by atoms with Crippen molar-refractivity contribution < 1.29 is 4.39 Å². The van der Waals surface area contributed by atoms with Gasteiger partial charge < -0.3 is 0 Å². The van der Waals surface area contributed by atoms with Crippen LogP contribution in [0.15, 0.2) is 24.3 Å². The van der Waals surface area contributed by atoms with Gasteiger partial charge in [0.2, 0.25) is 0 Å². The largest absolute Gasteiger partial charge is 0.296 e. The van der Waals surface area contributed by atoms with Gasteiger partial charge in [-0.25, -0.2) is 4.39 Å². The second kappa shape index (κ2) is 4.54. The minimum absolute atomic E-state index is 0.126. The highest BCUT2D eigenvalue weighted by molar-refractivity contribution is 5.21. The quantitative estimate of drug-likeness (QED) is 0.737. The Balaban J connectivity index is 2.18. The van der Waals surface area contributed by atoms with Gasteiger partial charge >= 0.3 is 0 Å². The number of hydrogen-bond acceptors (Lipinski definition) is 1. The summed E-state index contributed by atoms with van der Waals surface area (Å²) in [6.45, 7) is 4.52. The summed E-state index contributed by atoms with van der Waals surface area (Å²) in [4.78, 5) is 2.40. The van der Waals surface area contributed by atoms with E-state index >= 15 is 0 Å². The Labute approximate surface area is 97.3 Å². The second-order valence-corrected chi connectivity index (χ2v) is 5.12. The summed E-state index contributed by atoms with van der Waals surface area (Å²) in [6, 6.07) is 8.05. The molecule has 1 aromatic carbocycles. The molecule has 0 aliphatic carbocycles. The molecule has 0 bridgehead atoms. The topological polar surface area (TPSA) is 3.24 Å². The van der Waals surface area contributed by atoms with E-state index in [0.29, 0.717) is 18.0 Å². The molecule has 1 fully saturated rings. The van der Waals surface area contributed by atoms with Crippen LogP contribution in [-0.4, -0.2) is 18.0 Å². The molecule has 1 aromatic rings. The van der Waals surface area contributed by atoms with E-state index in [9.17, 15) is 4.39 Å². The highest BCUT2D eigenvalue weighted by Gasteiger charge is 2.32. The Kier molecular flexibility index (Phi) is 3.29. The number of rotatable bonds is 2. The van der Waals surface area contributed by atoms with Gasteiger partial charge in [0.25, 0.3) is 0 Å². The van der Waals surface area contributed by atoms with E-state index in [1.165, 1.54) is 12.5 Å². The van der Waals surface area contributed by atoms with Crippen molar-refractivity contribution in [3.05, 3.63) is 35.6 Å². The molecule has 0 amide bonds. The van der Waals surface area contributed by atoms with Gasteiger partial charge in [-0.05, 0) is 43.5 Å². The molecule has 0 aromatic heterocycles. The van der Waals surface area contributed by atoms with Gasteiger partial charge in [-0.1, -0.05) is 26.0 Å². The molecule has 2 atom stereocenters. The van der Waals surface area contributed by atoms with Gasteiger partial charge in [-0.15, -0.1) is 0 Å². The van der Waals surface area contributed by atoms with Crippen molar-refractivity contribution in [1.29, 1.82) is 0 Å². The fourth-order valence-electron chi connectivity index (χ4n) is 2.89. The van der Waals surface area contributed by atoms with Crippen LogP contribution in [0.25, 0.3) is 0 Å². The summed E-state index contributed by atoms with van der Waals surface area (Å²) in [5.74, 6) is 0.544. The summed E-state index contributed by atoms with van der Waals surface area (Å²) >= 11 is 0. The molecule has 1 heterocycles. The van der Waals surface area contributed by atoms with Gasteiger partial charge in [0, 0.05) is 12.1 Å². The van der Waals surface area contributed by atoms with E-state index in [2.05, 4.69) is 25.8 Å². The Hall–Kier alpha value is -0.890. The van der Waals surface area contributed by atoms with Crippen LogP contribution in [0.4, 0.5) is 4.39 Å². The van der Waals surface area contributed by atoms with Gasteiger partial charge in [0.1, 0.15) is 5.82 Å². The SMILES string of the molecule is CC(C)C1CCC(c2cccc(F)c2)N1C. The van der Waals surface area contributed by atoms with Crippen LogP contribution < -0.4 is 0 Å². The fourth-order valence-corrected chi connectivity index (χ4v) is 2.89. The fraction of sp³-hybridized carbons (Fsp3) is 0.571. The van der Waals surface area contributed by atoms with Crippen LogP contribution in [-0.2, 0) is 0 Å². The lowest BCUT2D eigenvalue weighted by Gasteiger charge is -2.28. The third kappa shape index (κ3) is 2.12. The lowest BCUT2D eigenvalue weighted by atomic mass is 10.0. The van der Waals surface area contributed by atoms with E-state index in [-0.39, 0.29) is 5.82 Å². The maximum Gasteiger partial charge on any atom is 0.123 e. The van der Waals surface area contributed by atoms with Gasteiger partial charge in [-0.2, -0.15) is 0 Å². The van der Waals surface area contributed by atoms with E-state index < -0.39 is 0 Å². The number of nitrogens with zero attached hydrogens (tertiary/aromatic N) is 1. The summed E-state index contributed by atoms with van der Waals surface area (Å²) in [7, 11) is 2.16. The van der Waals surface area contributed by atoms with Crippen molar-refractivity contribution in [3.63, 3.8) is 0 Å². The molecule has 0 N–H and O–H groups in total. The predicted octanol–water partition coefficient (Wildman–Crippen LogP) is 3.62. The normalized spacial score (nSPS) is 26.6. The average Bonchev–Trinajstić information content (AvgIpc) is 2.60. The lowest BCUT2D eigenvalue weighted by molar-refractivity contribution is 0.200. The number of benzene rings is 1. The molecular formula is C14H20FN. The molecule has 0 spiro atoms. The highest BCUT2D eigenvalue weighted by atomic mass is 19.1. The first kappa shape index (κ1) is 11.6. The lowest BCUT2D eigenvalue weighted by Crippen LogP contribution is -2.31. The van der Waals surface area contributed by atoms with E-state index in [1.54, 1.807) is 12.1 Å². The van der Waals surface area contributed by atoms with Crippen LogP contribution in [0.1, 0.15) is 38.3 Å². The van der Waals surface area contributed by atoms with Crippen molar-refractivity contribution in [2.24, 2.45) is 5.92 Å². The molecule has 16 heavy (non-hydrogen) atoms. The zero-order chi connectivity index (χ0) is 11.7. The molecular weight excluding hydrogens is 201 g/mol. The van der Waals surface area contributed by atoms with Crippen molar-refractivity contribution in [3.8, 4) is 0 Å². The summed E-state index contributed by atoms with van der Waals surface area (Å²) in [5.41, 5.74) is 1.12. The smallest absolute Gasteiger partial charge is 0.123 e. The first-order valence-corrected chi connectivity index (χ1v) is 6.07. The minimum atomic E-state index is -0.126. The summed E-state index contributed by atoms with van der Waals surface area (Å²) in [6.07, 6.45) is 2.36. The van der Waals surface area contributed by atoms with Crippen molar-refractivity contribution in [2.45, 2.75) is 38.8 Å². The van der Waals surface area contributed by atoms with E-state index in [4.69, 9.17) is 0 Å².